The van der Waals surface area contributed by atoms with Gasteiger partial charge in [0.1, 0.15) is 0 Å². The molecule has 0 radical (unpaired) electrons. The Balaban J connectivity index is 1.48. The molecule has 23 heavy (non-hydrogen) atoms. The monoisotopic (exact) mass is 309 g/mol. The van der Waals surface area contributed by atoms with Crippen molar-refractivity contribution < 1.29 is 4.79 Å². The smallest absolute Gasteiger partial charge is 0.251 e. The Morgan fingerprint density at radius 3 is 2.78 bits per heavy atom. The van der Waals surface area contributed by atoms with Crippen molar-refractivity contribution in [3.63, 3.8) is 0 Å². The molecule has 0 spiro atoms. The highest BCUT2D eigenvalue weighted by Gasteiger charge is 2.07. The van der Waals surface area contributed by atoms with Gasteiger partial charge in [-0.1, -0.05) is 23.8 Å². The van der Waals surface area contributed by atoms with E-state index in [9.17, 15) is 4.79 Å². The zero-order chi connectivity index (χ0) is 15.9. The highest BCUT2D eigenvalue weighted by molar-refractivity contribution is 5.94. The summed E-state index contributed by atoms with van der Waals surface area (Å²) in [7, 11) is 0. The first-order valence-corrected chi connectivity index (χ1v) is 8.32. The summed E-state index contributed by atoms with van der Waals surface area (Å²) in [5.74, 6) is 0.00981. The molecule has 4 nitrogen and oxygen atoms in total. The summed E-state index contributed by atoms with van der Waals surface area (Å²) in [5.41, 5.74) is 3.37. The minimum atomic E-state index is 0.00981. The number of hydrogen-bond donors (Lipinski definition) is 1. The van der Waals surface area contributed by atoms with E-state index in [4.69, 9.17) is 0 Å². The summed E-state index contributed by atoms with van der Waals surface area (Å²) in [4.78, 5) is 16.2. The molecule has 1 aromatic heterocycles. The molecule has 0 atom stereocenters. The Morgan fingerprint density at radius 1 is 1.22 bits per heavy atom. The number of hydrogen-bond acceptors (Lipinski definition) is 2. The lowest BCUT2D eigenvalue weighted by Gasteiger charge is -2.13. The fraction of sp³-hybridized carbons (Fsp3) is 0.368. The van der Waals surface area contributed by atoms with Crippen LogP contribution in [0, 0.1) is 0 Å². The van der Waals surface area contributed by atoms with Crippen LogP contribution in [0.2, 0.25) is 0 Å². The van der Waals surface area contributed by atoms with Crippen molar-refractivity contribution >= 4 is 5.91 Å². The predicted octanol–water partition coefficient (Wildman–Crippen LogP) is 3.55. The van der Waals surface area contributed by atoms with Gasteiger partial charge in [-0.05, 0) is 49.8 Å². The van der Waals surface area contributed by atoms with Crippen molar-refractivity contribution in [1.29, 1.82) is 0 Å². The molecule has 4 heteroatoms. The number of nitrogens with zero attached hydrogens (tertiary/aromatic N) is 2. The number of aromatic nitrogens is 2. The lowest BCUT2D eigenvalue weighted by Crippen LogP contribution is -2.24. The van der Waals surface area contributed by atoms with Crippen LogP contribution < -0.4 is 5.32 Å². The molecular weight excluding hydrogens is 286 g/mol. The lowest BCUT2D eigenvalue weighted by molar-refractivity contribution is 0.0954. The van der Waals surface area contributed by atoms with Gasteiger partial charge in [-0.2, -0.15) is 0 Å². The first kappa shape index (κ1) is 15.5. The van der Waals surface area contributed by atoms with Gasteiger partial charge in [0, 0.05) is 31.0 Å². The molecule has 1 aromatic carbocycles. The molecular formula is C19H23N3O. The van der Waals surface area contributed by atoms with Gasteiger partial charge in [-0.25, -0.2) is 4.98 Å². The summed E-state index contributed by atoms with van der Waals surface area (Å²) in [6.07, 6.45) is 13.8. The van der Waals surface area contributed by atoms with E-state index in [-0.39, 0.29) is 5.91 Å². The lowest BCUT2D eigenvalue weighted by atomic mass is 9.97. The second-order valence-electron chi connectivity index (χ2n) is 6.05. The Hall–Kier alpha value is -2.36. The molecule has 3 rings (SSSR count). The van der Waals surface area contributed by atoms with Gasteiger partial charge >= 0.3 is 0 Å². The fourth-order valence-corrected chi connectivity index (χ4v) is 2.92. The summed E-state index contributed by atoms with van der Waals surface area (Å²) >= 11 is 0. The molecule has 1 N–H and O–H groups in total. The molecule has 2 aromatic rings. The number of carbonyl (C=O) groups excluding carboxylic acids is 1. The highest BCUT2D eigenvalue weighted by atomic mass is 16.1. The van der Waals surface area contributed by atoms with E-state index in [2.05, 4.69) is 16.4 Å². The number of allylic oxidation sites excluding steroid dienone is 1. The van der Waals surface area contributed by atoms with Crippen molar-refractivity contribution in [3.05, 3.63) is 65.8 Å². The average molecular weight is 309 g/mol. The van der Waals surface area contributed by atoms with Gasteiger partial charge in [-0.3, -0.25) is 4.79 Å². The second-order valence-corrected chi connectivity index (χ2v) is 6.05. The van der Waals surface area contributed by atoms with Gasteiger partial charge in [-0.15, -0.1) is 0 Å². The van der Waals surface area contributed by atoms with Crippen LogP contribution in [0.1, 0.15) is 48.0 Å². The molecule has 0 bridgehead atoms. The maximum absolute atomic E-state index is 12.2. The third kappa shape index (κ3) is 4.55. The predicted molar refractivity (Wildman–Crippen MR) is 91.3 cm³/mol. The van der Waals surface area contributed by atoms with Crippen LogP contribution in [0.3, 0.4) is 0 Å². The Labute approximate surface area is 137 Å². The number of nitrogens with one attached hydrogen (secondary N) is 1. The molecule has 1 aliphatic carbocycles. The normalized spacial score (nSPS) is 14.3. The zero-order valence-corrected chi connectivity index (χ0v) is 13.4. The van der Waals surface area contributed by atoms with Crippen molar-refractivity contribution in [2.45, 2.75) is 38.6 Å². The molecule has 120 valence electrons. The second kappa shape index (κ2) is 7.77. The van der Waals surface area contributed by atoms with Crippen LogP contribution >= 0.6 is 0 Å². The van der Waals surface area contributed by atoms with Crippen molar-refractivity contribution in [2.24, 2.45) is 0 Å². The minimum Gasteiger partial charge on any atom is -0.352 e. The third-order valence-electron chi connectivity index (χ3n) is 4.26. The molecule has 0 saturated carbocycles. The molecule has 0 fully saturated rings. The number of carbonyl (C=O) groups is 1. The van der Waals surface area contributed by atoms with E-state index >= 15 is 0 Å². The van der Waals surface area contributed by atoms with E-state index in [0.29, 0.717) is 0 Å². The van der Waals surface area contributed by atoms with E-state index in [1.54, 1.807) is 12.5 Å². The van der Waals surface area contributed by atoms with E-state index < -0.39 is 0 Å². The summed E-state index contributed by atoms with van der Waals surface area (Å²) < 4.78 is 2.01. The van der Waals surface area contributed by atoms with E-state index in [0.717, 1.165) is 30.6 Å². The maximum atomic E-state index is 12.2. The first-order valence-electron chi connectivity index (χ1n) is 8.32. The van der Waals surface area contributed by atoms with Gasteiger partial charge < -0.3 is 9.88 Å². The first-order chi connectivity index (χ1) is 11.3. The average Bonchev–Trinajstić information content (AvgIpc) is 3.09. The van der Waals surface area contributed by atoms with Gasteiger partial charge in [0.2, 0.25) is 0 Å². The molecule has 0 saturated heterocycles. The van der Waals surface area contributed by atoms with Crippen LogP contribution in [0.5, 0.6) is 0 Å². The van der Waals surface area contributed by atoms with Crippen LogP contribution in [-0.4, -0.2) is 22.0 Å². The standard InChI is InChI=1S/C19H23N3O/c23-19(21-11-10-16-4-2-1-3-5-16)18-8-6-17(7-9-18)14-22-13-12-20-15-22/h4,6-9,12-13,15H,1-3,5,10-11,14H2,(H,21,23). The highest BCUT2D eigenvalue weighted by Crippen LogP contribution is 2.19. The number of rotatable bonds is 6. The molecule has 1 heterocycles. The number of amides is 1. The van der Waals surface area contributed by atoms with Crippen molar-refractivity contribution in [3.8, 4) is 0 Å². The Morgan fingerprint density at radius 2 is 2.09 bits per heavy atom. The van der Waals surface area contributed by atoms with Crippen molar-refractivity contribution in [2.75, 3.05) is 6.54 Å². The van der Waals surface area contributed by atoms with E-state index in [1.165, 1.54) is 31.3 Å². The van der Waals surface area contributed by atoms with Crippen LogP contribution in [0.15, 0.2) is 54.6 Å². The molecule has 0 aliphatic heterocycles. The maximum Gasteiger partial charge on any atom is 0.251 e. The van der Waals surface area contributed by atoms with Gasteiger partial charge in [0.25, 0.3) is 5.91 Å². The van der Waals surface area contributed by atoms with Crippen LogP contribution in [0.25, 0.3) is 0 Å². The zero-order valence-electron chi connectivity index (χ0n) is 13.4. The third-order valence-corrected chi connectivity index (χ3v) is 4.26. The largest absolute Gasteiger partial charge is 0.352 e. The van der Waals surface area contributed by atoms with Crippen LogP contribution in [0.4, 0.5) is 0 Å². The number of benzene rings is 1. The molecule has 1 amide bonds. The minimum absolute atomic E-state index is 0.00981. The summed E-state index contributed by atoms with van der Waals surface area (Å²) in [6.45, 7) is 1.50. The summed E-state index contributed by atoms with van der Waals surface area (Å²) in [6, 6.07) is 7.78. The van der Waals surface area contributed by atoms with Gasteiger partial charge in [0.15, 0.2) is 0 Å². The van der Waals surface area contributed by atoms with Crippen molar-refractivity contribution in [1.82, 2.24) is 14.9 Å². The molecule has 0 unspecified atom stereocenters. The van der Waals surface area contributed by atoms with E-state index in [1.807, 2.05) is 35.0 Å². The summed E-state index contributed by atoms with van der Waals surface area (Å²) in [5, 5.41) is 3.02. The molecule has 1 aliphatic rings. The SMILES string of the molecule is O=C(NCCC1=CCCCC1)c1ccc(Cn2ccnc2)cc1. The fourth-order valence-electron chi connectivity index (χ4n) is 2.92. The quantitative estimate of drug-likeness (QED) is 0.830. The Kier molecular flexibility index (Phi) is 5.25. The van der Waals surface area contributed by atoms with Crippen LogP contribution in [-0.2, 0) is 6.54 Å². The Bertz CT molecular complexity index is 656. The van der Waals surface area contributed by atoms with Gasteiger partial charge in [0.05, 0.1) is 6.33 Å². The number of imidazole rings is 1. The topological polar surface area (TPSA) is 46.9 Å².